The maximum atomic E-state index is 5.21. The van der Waals surface area contributed by atoms with Gasteiger partial charge in [0, 0.05) is 72.1 Å². The molecule has 0 unspecified atom stereocenters. The van der Waals surface area contributed by atoms with Crippen LogP contribution in [0.5, 0.6) is 0 Å². The lowest BCUT2D eigenvalue weighted by molar-refractivity contribution is 0.144. The molecular weight excluding hydrogens is 328 g/mol. The van der Waals surface area contributed by atoms with Gasteiger partial charge in [0.2, 0.25) is 5.95 Å². The van der Waals surface area contributed by atoms with Gasteiger partial charge in [-0.05, 0) is 25.7 Å². The molecule has 7 nitrogen and oxygen atoms in total. The summed E-state index contributed by atoms with van der Waals surface area (Å²) in [5, 5.41) is 0. The summed E-state index contributed by atoms with van der Waals surface area (Å²) in [6, 6.07) is 2.22. The Morgan fingerprint density at radius 1 is 0.769 bits per heavy atom. The average Bonchev–Trinajstić information content (AvgIpc) is 3.40. The first kappa shape index (κ1) is 17.8. The molecule has 144 valence electrons. The molecule has 0 amide bonds. The molecule has 0 bridgehead atoms. The van der Waals surface area contributed by atoms with E-state index < -0.39 is 0 Å². The van der Waals surface area contributed by atoms with Gasteiger partial charge in [0.1, 0.15) is 11.6 Å². The van der Waals surface area contributed by atoms with Crippen LogP contribution in [0.25, 0.3) is 0 Å². The van der Waals surface area contributed by atoms with Gasteiger partial charge in [0.25, 0.3) is 0 Å². The number of rotatable bonds is 6. The van der Waals surface area contributed by atoms with Crippen LogP contribution in [-0.2, 0) is 4.74 Å². The van der Waals surface area contributed by atoms with E-state index in [0.717, 1.165) is 83.1 Å². The predicted molar refractivity (Wildman–Crippen MR) is 105 cm³/mol. The second-order valence-electron chi connectivity index (χ2n) is 7.59. The Morgan fingerprint density at radius 2 is 1.31 bits per heavy atom. The van der Waals surface area contributed by atoms with E-state index in [0.29, 0.717) is 0 Å². The standard InChI is InChI=1S/C19H32N6O/c1-26-15-14-22-10-12-24(13-11-22)18-16-17(23-6-2-3-7-23)20-19(21-18)25-8-4-5-9-25/h16H,2-15H2,1H3. The van der Waals surface area contributed by atoms with E-state index in [9.17, 15) is 0 Å². The largest absolute Gasteiger partial charge is 0.383 e. The zero-order chi connectivity index (χ0) is 17.8. The van der Waals surface area contributed by atoms with Gasteiger partial charge in [-0.1, -0.05) is 0 Å². The van der Waals surface area contributed by atoms with E-state index in [4.69, 9.17) is 14.7 Å². The highest BCUT2D eigenvalue weighted by Crippen LogP contribution is 2.27. The maximum Gasteiger partial charge on any atom is 0.229 e. The first-order chi connectivity index (χ1) is 12.8. The summed E-state index contributed by atoms with van der Waals surface area (Å²) in [7, 11) is 1.77. The van der Waals surface area contributed by atoms with Crippen LogP contribution in [0.4, 0.5) is 17.6 Å². The highest BCUT2D eigenvalue weighted by Gasteiger charge is 2.24. The Hall–Kier alpha value is -1.60. The maximum absolute atomic E-state index is 5.21. The zero-order valence-electron chi connectivity index (χ0n) is 16.1. The Bertz CT molecular complexity index is 543. The molecule has 1 aromatic heterocycles. The van der Waals surface area contributed by atoms with Crippen molar-refractivity contribution in [3.8, 4) is 0 Å². The number of aromatic nitrogens is 2. The number of anilines is 3. The second kappa shape index (κ2) is 8.39. The molecule has 0 aliphatic carbocycles. The molecule has 1 aromatic rings. The van der Waals surface area contributed by atoms with E-state index in [1.54, 1.807) is 7.11 Å². The van der Waals surface area contributed by atoms with Gasteiger partial charge >= 0.3 is 0 Å². The van der Waals surface area contributed by atoms with Crippen molar-refractivity contribution in [1.82, 2.24) is 14.9 Å². The first-order valence-electron chi connectivity index (χ1n) is 10.2. The molecule has 3 fully saturated rings. The fraction of sp³-hybridized carbons (Fsp3) is 0.789. The fourth-order valence-corrected chi connectivity index (χ4v) is 4.16. The van der Waals surface area contributed by atoms with Crippen molar-refractivity contribution in [2.24, 2.45) is 0 Å². The van der Waals surface area contributed by atoms with Gasteiger partial charge in [-0.25, -0.2) is 0 Å². The molecule has 4 heterocycles. The Balaban J connectivity index is 1.51. The smallest absolute Gasteiger partial charge is 0.229 e. The van der Waals surface area contributed by atoms with Crippen LogP contribution < -0.4 is 14.7 Å². The van der Waals surface area contributed by atoms with E-state index in [1.165, 1.54) is 25.7 Å². The minimum absolute atomic E-state index is 0.811. The first-order valence-corrected chi connectivity index (χ1v) is 10.2. The molecule has 3 aliphatic heterocycles. The second-order valence-corrected chi connectivity index (χ2v) is 7.59. The molecule has 0 saturated carbocycles. The minimum Gasteiger partial charge on any atom is -0.383 e. The molecule has 0 radical (unpaired) electrons. The highest BCUT2D eigenvalue weighted by atomic mass is 16.5. The van der Waals surface area contributed by atoms with E-state index in [2.05, 4.69) is 25.7 Å². The molecule has 3 aliphatic rings. The molecule has 3 saturated heterocycles. The lowest BCUT2D eigenvalue weighted by atomic mass is 10.3. The van der Waals surface area contributed by atoms with Crippen LogP contribution in [0, 0.1) is 0 Å². The number of hydrogen-bond acceptors (Lipinski definition) is 7. The Morgan fingerprint density at radius 3 is 1.88 bits per heavy atom. The lowest BCUT2D eigenvalue weighted by Crippen LogP contribution is -2.47. The number of hydrogen-bond donors (Lipinski definition) is 0. The van der Waals surface area contributed by atoms with Crippen molar-refractivity contribution in [3.05, 3.63) is 6.07 Å². The van der Waals surface area contributed by atoms with Crippen molar-refractivity contribution in [2.75, 3.05) is 87.3 Å². The van der Waals surface area contributed by atoms with Crippen LogP contribution in [0.3, 0.4) is 0 Å². The zero-order valence-corrected chi connectivity index (χ0v) is 16.1. The molecule has 0 N–H and O–H groups in total. The molecule has 26 heavy (non-hydrogen) atoms. The number of methoxy groups -OCH3 is 1. The molecule has 7 heteroatoms. The van der Waals surface area contributed by atoms with E-state index in [-0.39, 0.29) is 0 Å². The van der Waals surface area contributed by atoms with E-state index in [1.807, 2.05) is 0 Å². The van der Waals surface area contributed by atoms with Crippen LogP contribution in [0.1, 0.15) is 25.7 Å². The number of ether oxygens (including phenoxy) is 1. The van der Waals surface area contributed by atoms with Crippen LogP contribution in [-0.4, -0.2) is 87.5 Å². The van der Waals surface area contributed by atoms with Crippen LogP contribution >= 0.6 is 0 Å². The normalized spacial score (nSPS) is 21.8. The fourth-order valence-electron chi connectivity index (χ4n) is 4.16. The predicted octanol–water partition coefficient (Wildman–Crippen LogP) is 1.45. The van der Waals surface area contributed by atoms with Crippen LogP contribution in [0.15, 0.2) is 6.07 Å². The minimum atomic E-state index is 0.811. The summed E-state index contributed by atoms with van der Waals surface area (Å²) in [4.78, 5) is 19.6. The lowest BCUT2D eigenvalue weighted by Gasteiger charge is -2.36. The molecule has 4 rings (SSSR count). The topological polar surface area (TPSA) is 48.0 Å². The van der Waals surface area contributed by atoms with Crippen LogP contribution in [0.2, 0.25) is 0 Å². The summed E-state index contributed by atoms with van der Waals surface area (Å²) in [5.41, 5.74) is 0. The van der Waals surface area contributed by atoms with Gasteiger partial charge in [-0.2, -0.15) is 9.97 Å². The summed E-state index contributed by atoms with van der Waals surface area (Å²) in [6.45, 7) is 10.5. The monoisotopic (exact) mass is 360 g/mol. The van der Waals surface area contributed by atoms with Crippen molar-refractivity contribution in [1.29, 1.82) is 0 Å². The van der Waals surface area contributed by atoms with E-state index >= 15 is 0 Å². The third kappa shape index (κ3) is 4.04. The van der Waals surface area contributed by atoms with Gasteiger partial charge in [-0.15, -0.1) is 0 Å². The van der Waals surface area contributed by atoms with Crippen molar-refractivity contribution < 1.29 is 4.74 Å². The average molecular weight is 361 g/mol. The Kier molecular flexibility index (Phi) is 5.75. The SMILES string of the molecule is COCCN1CCN(c2cc(N3CCCC3)nc(N3CCCC3)n2)CC1. The van der Waals surface area contributed by atoms with Crippen molar-refractivity contribution in [3.63, 3.8) is 0 Å². The third-order valence-corrected chi connectivity index (χ3v) is 5.81. The molecular formula is C19H32N6O. The van der Waals surface area contributed by atoms with Gasteiger partial charge in [0.05, 0.1) is 6.61 Å². The van der Waals surface area contributed by atoms with Crippen molar-refractivity contribution in [2.45, 2.75) is 25.7 Å². The van der Waals surface area contributed by atoms with Crippen molar-refractivity contribution >= 4 is 17.6 Å². The third-order valence-electron chi connectivity index (χ3n) is 5.81. The highest BCUT2D eigenvalue weighted by molar-refractivity contribution is 5.56. The summed E-state index contributed by atoms with van der Waals surface area (Å²) < 4.78 is 5.21. The summed E-state index contributed by atoms with van der Waals surface area (Å²) >= 11 is 0. The molecule has 0 aromatic carbocycles. The van der Waals surface area contributed by atoms with Gasteiger partial charge in [-0.3, -0.25) is 4.90 Å². The summed E-state index contributed by atoms with van der Waals surface area (Å²) in [6.07, 6.45) is 5.06. The summed E-state index contributed by atoms with van der Waals surface area (Å²) in [5.74, 6) is 3.16. The van der Waals surface area contributed by atoms with Gasteiger partial charge in [0.15, 0.2) is 0 Å². The quantitative estimate of drug-likeness (QED) is 0.761. The number of nitrogens with zero attached hydrogens (tertiary/aromatic N) is 6. The molecule has 0 spiro atoms. The Labute approximate surface area is 156 Å². The number of piperazine rings is 1. The van der Waals surface area contributed by atoms with Gasteiger partial charge < -0.3 is 19.4 Å². The molecule has 0 atom stereocenters.